The fraction of sp³-hybridized carbons (Fsp3) is 0.739. The van der Waals surface area contributed by atoms with E-state index in [4.69, 9.17) is 5.73 Å². The molecule has 28 heavy (non-hydrogen) atoms. The highest BCUT2D eigenvalue weighted by molar-refractivity contribution is 5.85. The molecule has 1 rings (SSSR count). The minimum atomic E-state index is -4.35. The molecular formula is C23H39ClF3N. The van der Waals surface area contributed by atoms with Gasteiger partial charge in [-0.2, -0.15) is 13.2 Å². The second-order valence-corrected chi connectivity index (χ2v) is 9.28. The Hall–Kier alpha value is -0.740. The van der Waals surface area contributed by atoms with Crippen LogP contribution in [0, 0.1) is 17.8 Å². The number of rotatable bonds is 10. The molecule has 1 nitrogen and oxygen atoms in total. The van der Waals surface area contributed by atoms with E-state index < -0.39 is 17.3 Å². The molecule has 0 radical (unpaired) electrons. The Balaban J connectivity index is 0.00000729. The highest BCUT2D eigenvalue weighted by Crippen LogP contribution is 2.40. The van der Waals surface area contributed by atoms with E-state index in [0.29, 0.717) is 48.1 Å². The lowest BCUT2D eigenvalue weighted by molar-refractivity contribution is -0.138. The van der Waals surface area contributed by atoms with Crippen molar-refractivity contribution in [1.82, 2.24) is 0 Å². The highest BCUT2D eigenvalue weighted by atomic mass is 35.5. The Bertz CT molecular complexity index is 568. The van der Waals surface area contributed by atoms with Crippen LogP contribution in [0.3, 0.4) is 0 Å². The lowest BCUT2D eigenvalue weighted by Crippen LogP contribution is -2.39. The van der Waals surface area contributed by atoms with E-state index in [2.05, 4.69) is 27.7 Å². The van der Waals surface area contributed by atoms with Gasteiger partial charge in [0.25, 0.3) is 0 Å². The van der Waals surface area contributed by atoms with Crippen molar-refractivity contribution < 1.29 is 13.2 Å². The molecule has 0 fully saturated rings. The highest BCUT2D eigenvalue weighted by Gasteiger charge is 2.37. The summed E-state index contributed by atoms with van der Waals surface area (Å²) < 4.78 is 41.2. The monoisotopic (exact) mass is 421 g/mol. The average Bonchev–Trinajstić information content (AvgIpc) is 2.55. The van der Waals surface area contributed by atoms with Gasteiger partial charge in [-0.05, 0) is 73.5 Å². The maximum atomic E-state index is 13.7. The summed E-state index contributed by atoms with van der Waals surface area (Å²) in [4.78, 5) is 0. The predicted octanol–water partition coefficient (Wildman–Crippen LogP) is 7.74. The summed E-state index contributed by atoms with van der Waals surface area (Å²) in [5.41, 5.74) is 6.77. The molecule has 1 aromatic carbocycles. The Kier molecular flexibility index (Phi) is 11.1. The Morgan fingerprint density at radius 3 is 1.61 bits per heavy atom. The molecule has 2 N–H and O–H groups in total. The van der Waals surface area contributed by atoms with Crippen molar-refractivity contribution in [2.24, 2.45) is 23.5 Å². The standard InChI is InChI=1S/C23H38F3N.ClH/c1-16(2)10-11-19-20(8-7-9-21(19)23(24,25)26)22(27,14-12-17(3)4)15-13-18(5)6;/h7-9,16-18H,10-15,27H2,1-6H3;1H. The van der Waals surface area contributed by atoms with Crippen LogP contribution >= 0.6 is 12.4 Å². The van der Waals surface area contributed by atoms with Crippen LogP contribution in [0.15, 0.2) is 18.2 Å². The molecule has 1 aromatic rings. The van der Waals surface area contributed by atoms with Gasteiger partial charge in [0, 0.05) is 5.54 Å². The van der Waals surface area contributed by atoms with E-state index in [1.54, 1.807) is 0 Å². The molecular weight excluding hydrogens is 383 g/mol. The number of hydrogen-bond acceptors (Lipinski definition) is 1. The third-order valence-electron chi connectivity index (χ3n) is 5.33. The second kappa shape index (κ2) is 11.4. The van der Waals surface area contributed by atoms with Crippen LogP contribution in [0.1, 0.15) is 90.3 Å². The van der Waals surface area contributed by atoms with Crippen molar-refractivity contribution in [2.75, 3.05) is 0 Å². The average molecular weight is 422 g/mol. The smallest absolute Gasteiger partial charge is 0.321 e. The maximum absolute atomic E-state index is 13.7. The lowest BCUT2D eigenvalue weighted by Gasteiger charge is -2.35. The molecule has 5 heteroatoms. The summed E-state index contributed by atoms with van der Waals surface area (Å²) in [7, 11) is 0. The van der Waals surface area contributed by atoms with E-state index in [9.17, 15) is 13.2 Å². The fourth-order valence-electron chi connectivity index (χ4n) is 3.51. The van der Waals surface area contributed by atoms with Gasteiger partial charge in [0.15, 0.2) is 0 Å². The van der Waals surface area contributed by atoms with E-state index in [1.165, 1.54) is 12.1 Å². The summed E-state index contributed by atoms with van der Waals surface area (Å²) in [6, 6.07) is 4.58. The van der Waals surface area contributed by atoms with Crippen molar-refractivity contribution in [3.8, 4) is 0 Å². The van der Waals surface area contributed by atoms with Crippen LogP contribution in [-0.2, 0) is 18.1 Å². The molecule has 0 amide bonds. The zero-order chi connectivity index (χ0) is 20.8. The molecule has 0 spiro atoms. The number of halogens is 4. The summed E-state index contributed by atoms with van der Waals surface area (Å²) >= 11 is 0. The summed E-state index contributed by atoms with van der Waals surface area (Å²) in [5, 5.41) is 0. The first-order chi connectivity index (χ1) is 12.4. The van der Waals surface area contributed by atoms with Crippen molar-refractivity contribution in [1.29, 1.82) is 0 Å². The first-order valence-corrected chi connectivity index (χ1v) is 10.3. The molecule has 0 saturated carbocycles. The summed E-state index contributed by atoms with van der Waals surface area (Å²) in [6.45, 7) is 12.6. The van der Waals surface area contributed by atoms with E-state index in [1.807, 2.05) is 19.9 Å². The topological polar surface area (TPSA) is 26.0 Å². The van der Waals surface area contributed by atoms with Gasteiger partial charge in [-0.1, -0.05) is 53.7 Å². The van der Waals surface area contributed by atoms with Gasteiger partial charge in [0.1, 0.15) is 0 Å². The van der Waals surface area contributed by atoms with E-state index in [-0.39, 0.29) is 12.4 Å². The Morgan fingerprint density at radius 2 is 1.21 bits per heavy atom. The van der Waals surface area contributed by atoms with Gasteiger partial charge >= 0.3 is 6.18 Å². The molecule has 0 aromatic heterocycles. The zero-order valence-corrected chi connectivity index (χ0v) is 19.1. The van der Waals surface area contributed by atoms with Gasteiger partial charge in [0.2, 0.25) is 0 Å². The fourth-order valence-corrected chi connectivity index (χ4v) is 3.51. The number of benzene rings is 1. The Labute approximate surface area is 176 Å². The molecule has 0 bridgehead atoms. The predicted molar refractivity (Wildman–Crippen MR) is 116 cm³/mol. The maximum Gasteiger partial charge on any atom is 0.416 e. The third-order valence-corrected chi connectivity index (χ3v) is 5.33. The minimum absolute atomic E-state index is 0. The largest absolute Gasteiger partial charge is 0.416 e. The number of alkyl halides is 3. The number of hydrogen-bond donors (Lipinski definition) is 1. The molecule has 0 unspecified atom stereocenters. The zero-order valence-electron chi connectivity index (χ0n) is 18.3. The van der Waals surface area contributed by atoms with Crippen LogP contribution in [0.5, 0.6) is 0 Å². The van der Waals surface area contributed by atoms with Crippen LogP contribution < -0.4 is 5.73 Å². The van der Waals surface area contributed by atoms with Crippen LogP contribution in [-0.4, -0.2) is 0 Å². The van der Waals surface area contributed by atoms with Crippen molar-refractivity contribution >= 4 is 12.4 Å². The van der Waals surface area contributed by atoms with Crippen LogP contribution in [0.25, 0.3) is 0 Å². The molecule has 0 aliphatic heterocycles. The summed E-state index contributed by atoms with van der Waals surface area (Å²) in [5.74, 6) is 1.28. The molecule has 0 saturated heterocycles. The molecule has 0 atom stereocenters. The quantitative estimate of drug-likeness (QED) is 0.410. The molecule has 0 aliphatic rings. The SMILES string of the molecule is CC(C)CCc1c(C(F)(F)F)cccc1C(N)(CCC(C)C)CCC(C)C.Cl. The van der Waals surface area contributed by atoms with Crippen molar-refractivity contribution in [3.63, 3.8) is 0 Å². The van der Waals surface area contributed by atoms with Gasteiger partial charge in [-0.15, -0.1) is 12.4 Å². The first kappa shape index (κ1) is 27.3. The van der Waals surface area contributed by atoms with Crippen molar-refractivity contribution in [2.45, 2.75) is 91.8 Å². The van der Waals surface area contributed by atoms with Crippen LogP contribution in [0.2, 0.25) is 0 Å². The van der Waals surface area contributed by atoms with Gasteiger partial charge < -0.3 is 5.73 Å². The van der Waals surface area contributed by atoms with Crippen LogP contribution in [0.4, 0.5) is 13.2 Å². The van der Waals surface area contributed by atoms with Gasteiger partial charge in [-0.25, -0.2) is 0 Å². The molecule has 0 heterocycles. The Morgan fingerprint density at radius 1 is 0.786 bits per heavy atom. The first-order valence-electron chi connectivity index (χ1n) is 10.3. The third kappa shape index (κ3) is 8.32. The van der Waals surface area contributed by atoms with E-state index >= 15 is 0 Å². The normalized spacial score (nSPS) is 12.8. The minimum Gasteiger partial charge on any atom is -0.321 e. The van der Waals surface area contributed by atoms with E-state index in [0.717, 1.165) is 19.3 Å². The second-order valence-electron chi connectivity index (χ2n) is 9.28. The lowest BCUT2D eigenvalue weighted by atomic mass is 9.75. The van der Waals surface area contributed by atoms with Gasteiger partial charge in [-0.3, -0.25) is 0 Å². The molecule has 0 aliphatic carbocycles. The summed E-state index contributed by atoms with van der Waals surface area (Å²) in [6.07, 6.45) is 0.0541. The number of nitrogens with two attached hydrogens (primary N) is 1. The van der Waals surface area contributed by atoms with Gasteiger partial charge in [0.05, 0.1) is 5.56 Å². The molecule has 164 valence electrons. The van der Waals surface area contributed by atoms with Crippen molar-refractivity contribution in [3.05, 3.63) is 34.9 Å².